The third-order valence-corrected chi connectivity index (χ3v) is 3.30. The van der Waals surface area contributed by atoms with E-state index >= 15 is 0 Å². The first-order valence-electron chi connectivity index (χ1n) is 6.09. The topological polar surface area (TPSA) is 41.3 Å². The smallest absolute Gasteiger partial charge is 0.165 e. The molecule has 1 saturated heterocycles. The average molecular weight is 222 g/mol. The molecule has 1 aliphatic rings. The molecule has 3 nitrogen and oxygen atoms in total. The highest BCUT2D eigenvalue weighted by Crippen LogP contribution is 2.11. The third kappa shape index (κ3) is 2.61. The van der Waals surface area contributed by atoms with Gasteiger partial charge in [-0.15, -0.1) is 0 Å². The summed E-state index contributed by atoms with van der Waals surface area (Å²) >= 11 is 0. The van der Waals surface area contributed by atoms with Crippen molar-refractivity contribution in [3.05, 3.63) is 35.9 Å². The minimum absolute atomic E-state index is 0.426. The summed E-state index contributed by atoms with van der Waals surface area (Å²) in [6.45, 7) is 6.16. The summed E-state index contributed by atoms with van der Waals surface area (Å²) in [4.78, 5) is 1.61. The third-order valence-electron chi connectivity index (χ3n) is 3.30. The Morgan fingerprint density at radius 2 is 1.81 bits per heavy atom. The van der Waals surface area contributed by atoms with Gasteiger partial charge in [0, 0.05) is 5.56 Å². The minimum Gasteiger partial charge on any atom is -0.370 e. The van der Waals surface area contributed by atoms with Crippen molar-refractivity contribution < 1.29 is 15.4 Å². The quantitative estimate of drug-likeness (QED) is 0.696. The summed E-state index contributed by atoms with van der Waals surface area (Å²) in [6, 6.07) is 11.7. The molecule has 2 atom stereocenters. The number of hydrogen-bond donors (Lipinski definition) is 2. The highest BCUT2D eigenvalue weighted by Gasteiger charge is 2.31. The standard InChI is InChI=1S/C13H20N2O/c1-11(14)13(12-5-3-2-4-6-12)15-7-9-16-10-8-15/h2-6,11,13H,7-10,14H2,1H3/p+2/t11-,13+/m1/s1. The van der Waals surface area contributed by atoms with E-state index in [2.05, 4.69) is 43.0 Å². The van der Waals surface area contributed by atoms with Gasteiger partial charge in [0.15, 0.2) is 6.04 Å². The fourth-order valence-electron chi connectivity index (χ4n) is 2.57. The van der Waals surface area contributed by atoms with Crippen LogP contribution in [-0.2, 0) is 4.74 Å². The molecule has 0 bridgehead atoms. The first-order chi connectivity index (χ1) is 7.79. The Labute approximate surface area is 97.2 Å². The van der Waals surface area contributed by atoms with E-state index < -0.39 is 0 Å². The van der Waals surface area contributed by atoms with E-state index in [9.17, 15) is 0 Å². The van der Waals surface area contributed by atoms with Gasteiger partial charge in [-0.25, -0.2) is 0 Å². The summed E-state index contributed by atoms with van der Waals surface area (Å²) in [5.41, 5.74) is 5.63. The van der Waals surface area contributed by atoms with Crippen molar-refractivity contribution in [2.24, 2.45) is 0 Å². The average Bonchev–Trinajstić information content (AvgIpc) is 2.31. The fraction of sp³-hybridized carbons (Fsp3) is 0.538. The van der Waals surface area contributed by atoms with Crippen molar-refractivity contribution in [1.82, 2.24) is 0 Å². The largest absolute Gasteiger partial charge is 0.370 e. The van der Waals surface area contributed by atoms with Gasteiger partial charge < -0.3 is 15.4 Å². The van der Waals surface area contributed by atoms with Crippen LogP contribution in [0.5, 0.6) is 0 Å². The maximum atomic E-state index is 5.42. The van der Waals surface area contributed by atoms with Crippen LogP contribution in [0.1, 0.15) is 18.5 Å². The molecule has 3 heteroatoms. The second-order valence-corrected chi connectivity index (χ2v) is 4.64. The molecule has 0 aliphatic carbocycles. The molecule has 0 radical (unpaired) electrons. The highest BCUT2D eigenvalue weighted by molar-refractivity contribution is 5.17. The Kier molecular flexibility index (Phi) is 3.93. The van der Waals surface area contributed by atoms with Crippen LogP contribution in [-0.4, -0.2) is 32.3 Å². The number of morpholine rings is 1. The second-order valence-electron chi connectivity index (χ2n) is 4.64. The first kappa shape index (κ1) is 11.6. The van der Waals surface area contributed by atoms with Crippen molar-refractivity contribution in [2.75, 3.05) is 26.3 Å². The molecule has 16 heavy (non-hydrogen) atoms. The molecule has 1 aromatic rings. The van der Waals surface area contributed by atoms with Crippen LogP contribution in [0.2, 0.25) is 0 Å². The molecular weight excluding hydrogens is 200 g/mol. The van der Waals surface area contributed by atoms with Gasteiger partial charge in [-0.3, -0.25) is 0 Å². The molecular formula is C13H22N2O+2. The molecule has 2 rings (SSSR count). The first-order valence-corrected chi connectivity index (χ1v) is 6.09. The molecule has 0 saturated carbocycles. The summed E-state index contributed by atoms with van der Waals surface area (Å²) in [6.07, 6.45) is 0. The van der Waals surface area contributed by atoms with Crippen LogP contribution in [0.4, 0.5) is 0 Å². The zero-order chi connectivity index (χ0) is 11.4. The monoisotopic (exact) mass is 222 g/mol. The second kappa shape index (κ2) is 5.43. The predicted octanol–water partition coefficient (Wildman–Crippen LogP) is -0.727. The van der Waals surface area contributed by atoms with E-state index in [0.29, 0.717) is 12.1 Å². The number of rotatable bonds is 3. The van der Waals surface area contributed by atoms with Crippen LogP contribution in [0.15, 0.2) is 30.3 Å². The fourth-order valence-corrected chi connectivity index (χ4v) is 2.57. The number of hydrogen-bond acceptors (Lipinski definition) is 1. The van der Waals surface area contributed by atoms with Crippen molar-refractivity contribution >= 4 is 0 Å². The molecule has 88 valence electrons. The number of benzene rings is 1. The van der Waals surface area contributed by atoms with Gasteiger partial charge in [-0.2, -0.15) is 0 Å². The van der Waals surface area contributed by atoms with Crippen molar-refractivity contribution in [3.8, 4) is 0 Å². The van der Waals surface area contributed by atoms with Crippen molar-refractivity contribution in [1.29, 1.82) is 0 Å². The van der Waals surface area contributed by atoms with Gasteiger partial charge in [0.1, 0.15) is 19.1 Å². The Bertz CT molecular complexity index is 307. The van der Waals surface area contributed by atoms with E-state index in [0.717, 1.165) is 26.3 Å². The van der Waals surface area contributed by atoms with Crippen LogP contribution in [0.3, 0.4) is 0 Å². The number of nitrogens with one attached hydrogen (secondary N) is 1. The lowest BCUT2D eigenvalue weighted by atomic mass is 9.99. The Balaban J connectivity index is 2.16. The Morgan fingerprint density at radius 3 is 2.38 bits per heavy atom. The summed E-state index contributed by atoms with van der Waals surface area (Å²) in [5, 5.41) is 0. The van der Waals surface area contributed by atoms with E-state index in [1.54, 1.807) is 4.90 Å². The Morgan fingerprint density at radius 1 is 1.19 bits per heavy atom. The molecule has 0 unspecified atom stereocenters. The van der Waals surface area contributed by atoms with Gasteiger partial charge in [0.05, 0.1) is 13.2 Å². The lowest BCUT2D eigenvalue weighted by Crippen LogP contribution is -3.16. The number of ether oxygens (including phenoxy) is 1. The number of quaternary nitrogens is 2. The molecule has 1 fully saturated rings. The van der Waals surface area contributed by atoms with Gasteiger partial charge in [-0.1, -0.05) is 30.3 Å². The summed E-state index contributed by atoms with van der Waals surface area (Å²) in [7, 11) is 0. The minimum atomic E-state index is 0.426. The van der Waals surface area contributed by atoms with Gasteiger partial charge in [0.25, 0.3) is 0 Å². The molecule has 0 aromatic heterocycles. The van der Waals surface area contributed by atoms with Gasteiger partial charge >= 0.3 is 0 Å². The lowest BCUT2D eigenvalue weighted by molar-refractivity contribution is -0.949. The van der Waals surface area contributed by atoms with Crippen LogP contribution < -0.4 is 10.6 Å². The van der Waals surface area contributed by atoms with Crippen LogP contribution in [0, 0.1) is 0 Å². The normalized spacial score (nSPS) is 21.6. The zero-order valence-electron chi connectivity index (χ0n) is 9.99. The van der Waals surface area contributed by atoms with Gasteiger partial charge in [-0.05, 0) is 6.92 Å². The molecule has 0 amide bonds. The summed E-state index contributed by atoms with van der Waals surface area (Å²) < 4.78 is 5.42. The molecule has 1 aliphatic heterocycles. The van der Waals surface area contributed by atoms with Gasteiger partial charge in [0.2, 0.25) is 0 Å². The van der Waals surface area contributed by atoms with Crippen molar-refractivity contribution in [2.45, 2.75) is 19.0 Å². The lowest BCUT2D eigenvalue weighted by Gasteiger charge is -2.32. The molecule has 1 aromatic carbocycles. The van der Waals surface area contributed by atoms with Crippen LogP contribution in [0.25, 0.3) is 0 Å². The summed E-state index contributed by atoms with van der Waals surface area (Å²) in [5.74, 6) is 0. The van der Waals surface area contributed by atoms with E-state index in [-0.39, 0.29) is 0 Å². The van der Waals surface area contributed by atoms with E-state index in [1.165, 1.54) is 5.56 Å². The predicted molar refractivity (Wildman–Crippen MR) is 63.0 cm³/mol. The maximum Gasteiger partial charge on any atom is 0.165 e. The van der Waals surface area contributed by atoms with Crippen LogP contribution >= 0.6 is 0 Å². The molecule has 4 N–H and O–H groups in total. The zero-order valence-corrected chi connectivity index (χ0v) is 9.99. The Hall–Kier alpha value is -0.900. The highest BCUT2D eigenvalue weighted by atomic mass is 16.5. The molecule has 1 heterocycles. The maximum absolute atomic E-state index is 5.42. The van der Waals surface area contributed by atoms with Crippen molar-refractivity contribution in [3.63, 3.8) is 0 Å². The SMILES string of the molecule is C[C@@H]([NH3+])[C@@H](c1ccccc1)[NH+]1CCOCC1. The van der Waals surface area contributed by atoms with E-state index in [1.807, 2.05) is 0 Å². The van der Waals surface area contributed by atoms with E-state index in [4.69, 9.17) is 4.74 Å². The molecule has 0 spiro atoms.